The number of aliphatic hydroxyl groups excluding tert-OH is 1. The van der Waals surface area contributed by atoms with Crippen LogP contribution in [0.15, 0.2) is 73.1 Å². The molecule has 4 aromatic rings. The number of benzene rings is 2. The van der Waals surface area contributed by atoms with Crippen LogP contribution in [0.2, 0.25) is 0 Å². The van der Waals surface area contributed by atoms with Gasteiger partial charge in [0.05, 0.1) is 11.0 Å². The highest BCUT2D eigenvalue weighted by Crippen LogP contribution is 2.26. The van der Waals surface area contributed by atoms with Crippen molar-refractivity contribution in [1.29, 1.82) is 0 Å². The summed E-state index contributed by atoms with van der Waals surface area (Å²) < 4.78 is 0. The summed E-state index contributed by atoms with van der Waals surface area (Å²) in [6, 6.07) is 19.5. The first-order chi connectivity index (χ1) is 10.8. The highest BCUT2D eigenvalue weighted by atomic mass is 16.3. The summed E-state index contributed by atoms with van der Waals surface area (Å²) in [7, 11) is 0. The van der Waals surface area contributed by atoms with Crippen molar-refractivity contribution in [2.45, 2.75) is 6.10 Å². The number of hydrogen-bond acceptors (Lipinski definition) is 3. The lowest BCUT2D eigenvalue weighted by atomic mass is 9.98. The molecule has 22 heavy (non-hydrogen) atoms. The van der Waals surface area contributed by atoms with E-state index in [1.165, 1.54) is 0 Å². The summed E-state index contributed by atoms with van der Waals surface area (Å²) >= 11 is 0. The van der Waals surface area contributed by atoms with Crippen LogP contribution in [0.25, 0.3) is 21.8 Å². The van der Waals surface area contributed by atoms with Crippen LogP contribution in [-0.4, -0.2) is 15.1 Å². The number of rotatable bonds is 2. The van der Waals surface area contributed by atoms with Crippen LogP contribution in [-0.2, 0) is 0 Å². The Morgan fingerprint density at radius 3 is 1.68 bits per heavy atom. The SMILES string of the molecule is OC(c1ccc2ncccc2c1)c1ccc2ncccc2c1. The molecule has 2 aromatic carbocycles. The van der Waals surface area contributed by atoms with Crippen LogP contribution < -0.4 is 0 Å². The first-order valence-electron chi connectivity index (χ1n) is 7.19. The minimum Gasteiger partial charge on any atom is -0.384 e. The van der Waals surface area contributed by atoms with E-state index in [0.717, 1.165) is 32.9 Å². The van der Waals surface area contributed by atoms with Crippen LogP contribution in [0.5, 0.6) is 0 Å². The number of fused-ring (bicyclic) bond motifs is 2. The molecule has 0 unspecified atom stereocenters. The van der Waals surface area contributed by atoms with Gasteiger partial charge in [0.25, 0.3) is 0 Å². The number of pyridine rings is 2. The Hall–Kier alpha value is -2.78. The van der Waals surface area contributed by atoms with Gasteiger partial charge in [-0.2, -0.15) is 0 Å². The molecule has 2 heterocycles. The number of nitrogens with zero attached hydrogens (tertiary/aromatic N) is 2. The molecule has 0 atom stereocenters. The molecule has 2 aromatic heterocycles. The molecular formula is C19H14N2O. The lowest BCUT2D eigenvalue weighted by molar-refractivity contribution is 0.220. The molecule has 0 bridgehead atoms. The Labute approximate surface area is 127 Å². The second-order valence-electron chi connectivity index (χ2n) is 5.31. The maximum atomic E-state index is 10.7. The topological polar surface area (TPSA) is 46.0 Å². The van der Waals surface area contributed by atoms with Crippen molar-refractivity contribution in [3.63, 3.8) is 0 Å². The van der Waals surface area contributed by atoms with E-state index in [1.807, 2.05) is 60.7 Å². The smallest absolute Gasteiger partial charge is 0.104 e. The normalized spacial score (nSPS) is 11.4. The van der Waals surface area contributed by atoms with E-state index in [2.05, 4.69) is 9.97 Å². The quantitative estimate of drug-likeness (QED) is 0.608. The molecule has 4 rings (SSSR count). The van der Waals surface area contributed by atoms with Crippen molar-refractivity contribution in [3.8, 4) is 0 Å². The summed E-state index contributed by atoms with van der Waals surface area (Å²) in [6.45, 7) is 0. The van der Waals surface area contributed by atoms with Gasteiger partial charge in [-0.25, -0.2) is 0 Å². The zero-order valence-corrected chi connectivity index (χ0v) is 11.8. The fraction of sp³-hybridized carbons (Fsp3) is 0.0526. The lowest BCUT2D eigenvalue weighted by Gasteiger charge is -2.13. The van der Waals surface area contributed by atoms with Crippen LogP contribution >= 0.6 is 0 Å². The van der Waals surface area contributed by atoms with Crippen molar-refractivity contribution in [2.75, 3.05) is 0 Å². The summed E-state index contributed by atoms with van der Waals surface area (Å²) in [4.78, 5) is 8.61. The molecule has 0 aliphatic rings. The fourth-order valence-electron chi connectivity index (χ4n) is 2.72. The molecule has 1 N–H and O–H groups in total. The Morgan fingerprint density at radius 2 is 1.18 bits per heavy atom. The molecule has 0 aliphatic heterocycles. The maximum Gasteiger partial charge on any atom is 0.104 e. The summed E-state index contributed by atoms with van der Waals surface area (Å²) in [5.41, 5.74) is 3.59. The Bertz CT molecular complexity index is 886. The van der Waals surface area contributed by atoms with E-state index in [-0.39, 0.29) is 0 Å². The van der Waals surface area contributed by atoms with Gasteiger partial charge in [-0.1, -0.05) is 24.3 Å². The number of aromatic nitrogens is 2. The van der Waals surface area contributed by atoms with E-state index in [0.29, 0.717) is 0 Å². The molecule has 0 saturated carbocycles. The van der Waals surface area contributed by atoms with Crippen LogP contribution in [0, 0.1) is 0 Å². The molecular weight excluding hydrogens is 272 g/mol. The minimum atomic E-state index is -0.658. The first kappa shape index (κ1) is 12.9. The van der Waals surface area contributed by atoms with E-state index in [1.54, 1.807) is 12.4 Å². The molecule has 0 aliphatic carbocycles. The molecule has 0 radical (unpaired) electrons. The fourth-order valence-corrected chi connectivity index (χ4v) is 2.72. The third-order valence-electron chi connectivity index (χ3n) is 3.89. The van der Waals surface area contributed by atoms with Gasteiger partial charge in [-0.15, -0.1) is 0 Å². The van der Waals surface area contributed by atoms with Gasteiger partial charge in [0.15, 0.2) is 0 Å². The summed E-state index contributed by atoms with van der Waals surface area (Å²) in [6.07, 6.45) is 2.89. The van der Waals surface area contributed by atoms with Gasteiger partial charge >= 0.3 is 0 Å². The van der Waals surface area contributed by atoms with E-state index in [9.17, 15) is 5.11 Å². The standard InChI is InChI=1S/C19H14N2O/c22-19(15-5-7-17-13(11-15)3-1-9-20-17)16-6-8-18-14(12-16)4-2-10-21-18/h1-12,19,22H. The molecule has 0 saturated heterocycles. The highest BCUT2D eigenvalue weighted by Gasteiger charge is 2.11. The number of aliphatic hydroxyl groups is 1. The zero-order valence-electron chi connectivity index (χ0n) is 11.8. The van der Waals surface area contributed by atoms with Crippen LogP contribution in [0.3, 0.4) is 0 Å². The molecule has 106 valence electrons. The van der Waals surface area contributed by atoms with Gasteiger partial charge in [0.1, 0.15) is 6.10 Å². The Morgan fingerprint density at radius 1 is 0.682 bits per heavy atom. The zero-order chi connectivity index (χ0) is 14.9. The summed E-state index contributed by atoms with van der Waals surface area (Å²) in [5, 5.41) is 12.7. The molecule has 0 amide bonds. The second-order valence-corrected chi connectivity index (χ2v) is 5.31. The molecule has 3 heteroatoms. The predicted molar refractivity (Wildman–Crippen MR) is 87.5 cm³/mol. The van der Waals surface area contributed by atoms with E-state index >= 15 is 0 Å². The Kier molecular flexibility index (Phi) is 3.06. The largest absolute Gasteiger partial charge is 0.384 e. The van der Waals surface area contributed by atoms with Crippen LogP contribution in [0.1, 0.15) is 17.2 Å². The van der Waals surface area contributed by atoms with Crippen molar-refractivity contribution < 1.29 is 5.11 Å². The van der Waals surface area contributed by atoms with Crippen molar-refractivity contribution in [1.82, 2.24) is 9.97 Å². The maximum absolute atomic E-state index is 10.7. The third kappa shape index (κ3) is 2.22. The van der Waals surface area contributed by atoms with Gasteiger partial charge in [-0.05, 0) is 47.5 Å². The predicted octanol–water partition coefficient (Wildman–Crippen LogP) is 3.86. The average molecular weight is 286 g/mol. The van der Waals surface area contributed by atoms with E-state index in [4.69, 9.17) is 0 Å². The van der Waals surface area contributed by atoms with Crippen molar-refractivity contribution in [3.05, 3.63) is 84.2 Å². The molecule has 0 spiro atoms. The molecule has 0 fully saturated rings. The Balaban J connectivity index is 1.78. The van der Waals surface area contributed by atoms with Gasteiger partial charge in [0.2, 0.25) is 0 Å². The highest BCUT2D eigenvalue weighted by molar-refractivity contribution is 5.80. The number of hydrogen-bond donors (Lipinski definition) is 1. The summed E-state index contributed by atoms with van der Waals surface area (Å²) in [5.74, 6) is 0. The van der Waals surface area contributed by atoms with Crippen molar-refractivity contribution in [2.24, 2.45) is 0 Å². The van der Waals surface area contributed by atoms with Gasteiger partial charge in [-0.3, -0.25) is 9.97 Å². The van der Waals surface area contributed by atoms with E-state index < -0.39 is 6.10 Å². The monoisotopic (exact) mass is 286 g/mol. The van der Waals surface area contributed by atoms with Crippen LogP contribution in [0.4, 0.5) is 0 Å². The molecule has 3 nitrogen and oxygen atoms in total. The van der Waals surface area contributed by atoms with Gasteiger partial charge in [0, 0.05) is 23.2 Å². The third-order valence-corrected chi connectivity index (χ3v) is 3.89. The second kappa shape index (κ2) is 5.20. The van der Waals surface area contributed by atoms with Crippen molar-refractivity contribution >= 4 is 21.8 Å². The first-order valence-corrected chi connectivity index (χ1v) is 7.19. The average Bonchev–Trinajstić information content (AvgIpc) is 2.60. The lowest BCUT2D eigenvalue weighted by Crippen LogP contribution is -1.99. The van der Waals surface area contributed by atoms with Gasteiger partial charge < -0.3 is 5.11 Å². The minimum absolute atomic E-state index is 0.658.